The van der Waals surface area contributed by atoms with Crippen LogP contribution in [-0.2, 0) is 4.79 Å². The molecule has 6 nitrogen and oxygen atoms in total. The van der Waals surface area contributed by atoms with Gasteiger partial charge < -0.3 is 19.3 Å². The van der Waals surface area contributed by atoms with Crippen LogP contribution in [0, 0.1) is 23.7 Å². The second-order valence-corrected chi connectivity index (χ2v) is 6.92. The van der Waals surface area contributed by atoms with E-state index in [1.807, 2.05) is 31.2 Å². The van der Waals surface area contributed by atoms with Crippen LogP contribution in [0.1, 0.15) is 12.5 Å². The number of terminal acetylenes is 1. The topological polar surface area (TPSA) is 65.8 Å². The molecule has 0 aromatic heterocycles. The Morgan fingerprint density at radius 2 is 1.84 bits per heavy atom. The van der Waals surface area contributed by atoms with E-state index in [9.17, 15) is 10.1 Å². The molecular formula is C25H25N3O3. The maximum atomic E-state index is 12.9. The van der Waals surface area contributed by atoms with E-state index in [4.69, 9.17) is 15.9 Å². The molecule has 0 saturated carbocycles. The Hall–Kier alpha value is -3.90. The standard InChI is InChI=1S/C25H25N3O3/c1-3-16-31-23-11-10-20(18-24(23)30-4-2)17-21(19-26)25(29)28-14-12-27(13-15-28)22-8-6-5-7-9-22/h1,5-11,17-18H,4,12-16H2,2H3/b21-17-. The maximum absolute atomic E-state index is 12.9. The molecule has 0 atom stereocenters. The predicted molar refractivity (Wildman–Crippen MR) is 121 cm³/mol. The Morgan fingerprint density at radius 3 is 2.48 bits per heavy atom. The van der Waals surface area contributed by atoms with Crippen LogP contribution < -0.4 is 14.4 Å². The summed E-state index contributed by atoms with van der Waals surface area (Å²) in [5, 5.41) is 9.61. The van der Waals surface area contributed by atoms with E-state index >= 15 is 0 Å². The third kappa shape index (κ3) is 5.58. The number of para-hydroxylation sites is 1. The van der Waals surface area contributed by atoms with E-state index in [1.165, 1.54) is 0 Å². The Bertz CT molecular complexity index is 1010. The zero-order valence-corrected chi connectivity index (χ0v) is 17.6. The zero-order chi connectivity index (χ0) is 22.1. The minimum Gasteiger partial charge on any atom is -0.490 e. The molecule has 0 unspecified atom stereocenters. The number of nitrogens with zero attached hydrogens (tertiary/aromatic N) is 3. The van der Waals surface area contributed by atoms with Crippen molar-refractivity contribution in [1.29, 1.82) is 5.26 Å². The number of nitriles is 1. The minimum absolute atomic E-state index is 0.0907. The van der Waals surface area contributed by atoms with Gasteiger partial charge in [0.05, 0.1) is 6.61 Å². The molecule has 31 heavy (non-hydrogen) atoms. The molecule has 158 valence electrons. The summed E-state index contributed by atoms with van der Waals surface area (Å²) >= 11 is 0. The average Bonchev–Trinajstić information content (AvgIpc) is 2.82. The lowest BCUT2D eigenvalue weighted by atomic mass is 10.1. The predicted octanol–water partition coefficient (Wildman–Crippen LogP) is 3.35. The van der Waals surface area contributed by atoms with Crippen molar-refractivity contribution in [1.82, 2.24) is 4.90 Å². The van der Waals surface area contributed by atoms with Crippen LogP contribution >= 0.6 is 0 Å². The first kappa shape index (κ1) is 21.8. The number of hydrogen-bond acceptors (Lipinski definition) is 5. The first-order chi connectivity index (χ1) is 15.2. The Kier molecular flexibility index (Phi) is 7.56. The Morgan fingerprint density at radius 1 is 1.10 bits per heavy atom. The van der Waals surface area contributed by atoms with Crippen LogP contribution in [0.15, 0.2) is 54.1 Å². The summed E-state index contributed by atoms with van der Waals surface area (Å²) in [5.74, 6) is 3.20. The summed E-state index contributed by atoms with van der Waals surface area (Å²) in [6.45, 7) is 5.04. The van der Waals surface area contributed by atoms with Crippen molar-refractivity contribution in [3.8, 4) is 29.9 Å². The molecule has 1 saturated heterocycles. The van der Waals surface area contributed by atoms with Crippen molar-refractivity contribution in [2.45, 2.75) is 6.92 Å². The van der Waals surface area contributed by atoms with Crippen molar-refractivity contribution in [3.05, 3.63) is 59.7 Å². The molecule has 1 aliphatic rings. The largest absolute Gasteiger partial charge is 0.490 e. The van der Waals surface area contributed by atoms with Crippen LogP contribution in [0.3, 0.4) is 0 Å². The van der Waals surface area contributed by atoms with Crippen molar-refractivity contribution in [2.75, 3.05) is 44.3 Å². The molecule has 1 fully saturated rings. The highest BCUT2D eigenvalue weighted by molar-refractivity contribution is 6.01. The van der Waals surface area contributed by atoms with Crippen molar-refractivity contribution in [3.63, 3.8) is 0 Å². The molecule has 0 aliphatic carbocycles. The van der Waals surface area contributed by atoms with Gasteiger partial charge >= 0.3 is 0 Å². The smallest absolute Gasteiger partial charge is 0.264 e. The highest BCUT2D eigenvalue weighted by Gasteiger charge is 2.24. The fourth-order valence-electron chi connectivity index (χ4n) is 3.41. The second kappa shape index (κ2) is 10.8. The van der Waals surface area contributed by atoms with E-state index in [-0.39, 0.29) is 18.1 Å². The summed E-state index contributed by atoms with van der Waals surface area (Å²) in [5.41, 5.74) is 1.92. The van der Waals surface area contributed by atoms with Crippen molar-refractivity contribution >= 4 is 17.7 Å². The number of ether oxygens (including phenoxy) is 2. The molecule has 0 spiro atoms. The van der Waals surface area contributed by atoms with Crippen LogP contribution in [0.4, 0.5) is 5.69 Å². The molecule has 3 rings (SSSR count). The van der Waals surface area contributed by atoms with Crippen molar-refractivity contribution < 1.29 is 14.3 Å². The summed E-state index contributed by atoms with van der Waals surface area (Å²) in [6.07, 6.45) is 6.84. The van der Waals surface area contributed by atoms with Gasteiger partial charge in [-0.2, -0.15) is 5.26 Å². The highest BCUT2D eigenvalue weighted by Crippen LogP contribution is 2.29. The summed E-state index contributed by atoms with van der Waals surface area (Å²) < 4.78 is 11.1. The molecular weight excluding hydrogens is 390 g/mol. The van der Waals surface area contributed by atoms with Gasteiger partial charge in [0.1, 0.15) is 18.2 Å². The molecule has 0 radical (unpaired) electrons. The van der Waals surface area contributed by atoms with Gasteiger partial charge in [0.15, 0.2) is 11.5 Å². The number of carbonyl (C=O) groups excluding carboxylic acids is 1. The Balaban J connectivity index is 1.71. The van der Waals surface area contributed by atoms with E-state index in [0.29, 0.717) is 36.8 Å². The van der Waals surface area contributed by atoms with Crippen LogP contribution in [-0.4, -0.2) is 50.2 Å². The molecule has 6 heteroatoms. The average molecular weight is 415 g/mol. The number of hydrogen-bond donors (Lipinski definition) is 0. The third-order valence-electron chi connectivity index (χ3n) is 4.93. The van der Waals surface area contributed by atoms with Crippen molar-refractivity contribution in [2.24, 2.45) is 0 Å². The van der Waals surface area contributed by atoms with Gasteiger partial charge in [0, 0.05) is 31.9 Å². The number of benzene rings is 2. The lowest BCUT2D eigenvalue weighted by molar-refractivity contribution is -0.126. The van der Waals surface area contributed by atoms with Gasteiger partial charge in [-0.25, -0.2) is 0 Å². The number of amides is 1. The summed E-state index contributed by atoms with van der Waals surface area (Å²) in [4.78, 5) is 16.9. The molecule has 0 N–H and O–H groups in total. The normalized spacial score (nSPS) is 13.8. The third-order valence-corrected chi connectivity index (χ3v) is 4.93. The zero-order valence-electron chi connectivity index (χ0n) is 17.6. The maximum Gasteiger partial charge on any atom is 0.264 e. The fraction of sp³-hybridized carbons (Fsp3) is 0.280. The number of piperazine rings is 1. The highest BCUT2D eigenvalue weighted by atomic mass is 16.5. The first-order valence-corrected chi connectivity index (χ1v) is 10.2. The Labute approximate surface area is 183 Å². The molecule has 2 aromatic rings. The van der Waals surface area contributed by atoms with Gasteiger partial charge in [0.2, 0.25) is 0 Å². The number of rotatable bonds is 7. The van der Waals surface area contributed by atoms with E-state index in [2.05, 4.69) is 23.0 Å². The van der Waals surface area contributed by atoms with Crippen LogP contribution in [0.5, 0.6) is 11.5 Å². The van der Waals surface area contributed by atoms with Gasteiger partial charge in [-0.1, -0.05) is 30.2 Å². The monoisotopic (exact) mass is 415 g/mol. The minimum atomic E-state index is -0.263. The lowest BCUT2D eigenvalue weighted by Gasteiger charge is -2.36. The van der Waals surface area contributed by atoms with Crippen LogP contribution in [0.2, 0.25) is 0 Å². The SMILES string of the molecule is C#CCOc1ccc(/C=C(/C#N)C(=O)N2CCN(c3ccccc3)CC2)cc1OCC. The van der Waals surface area contributed by atoms with Gasteiger partial charge in [-0.3, -0.25) is 4.79 Å². The molecule has 1 aliphatic heterocycles. The van der Waals surface area contributed by atoms with E-state index < -0.39 is 0 Å². The van der Waals surface area contributed by atoms with Gasteiger partial charge in [-0.05, 0) is 42.8 Å². The second-order valence-electron chi connectivity index (χ2n) is 6.92. The van der Waals surface area contributed by atoms with Gasteiger partial charge in [0.25, 0.3) is 5.91 Å². The molecule has 0 bridgehead atoms. The summed E-state index contributed by atoms with van der Waals surface area (Å²) in [7, 11) is 0. The molecule has 2 aromatic carbocycles. The molecule has 1 amide bonds. The lowest BCUT2D eigenvalue weighted by Crippen LogP contribution is -2.49. The molecule has 1 heterocycles. The quantitative estimate of drug-likeness (QED) is 0.394. The van der Waals surface area contributed by atoms with Crippen LogP contribution in [0.25, 0.3) is 6.08 Å². The number of carbonyl (C=O) groups is 1. The number of anilines is 1. The van der Waals surface area contributed by atoms with E-state index in [1.54, 1.807) is 29.2 Å². The first-order valence-electron chi connectivity index (χ1n) is 10.2. The summed E-state index contributed by atoms with van der Waals surface area (Å²) in [6, 6.07) is 17.4. The van der Waals surface area contributed by atoms with Gasteiger partial charge in [-0.15, -0.1) is 6.42 Å². The fourth-order valence-corrected chi connectivity index (χ4v) is 3.41. The van der Waals surface area contributed by atoms with E-state index in [0.717, 1.165) is 18.8 Å².